The summed E-state index contributed by atoms with van der Waals surface area (Å²) in [7, 11) is 1.96. The predicted molar refractivity (Wildman–Crippen MR) is 52.2 cm³/mol. The Bertz CT molecular complexity index is 148. The number of terminal acetylenes is 1. The second-order valence-corrected chi connectivity index (χ2v) is 3.38. The molecule has 0 aliphatic heterocycles. The topological polar surface area (TPSA) is 3.24 Å². The number of hydrogen-bond donors (Lipinski definition) is 0. The van der Waals surface area contributed by atoms with Crippen LogP contribution < -0.4 is 0 Å². The number of thiocarbonyl (C=S) groups is 1. The molecule has 3 heteroatoms. The summed E-state index contributed by atoms with van der Waals surface area (Å²) in [5.41, 5.74) is 0. The molecule has 56 valence electrons. The van der Waals surface area contributed by atoms with Crippen LogP contribution in [0.1, 0.15) is 6.92 Å². The number of thioether (sulfide) groups is 1. The highest BCUT2D eigenvalue weighted by Gasteiger charge is 1.99. The van der Waals surface area contributed by atoms with Gasteiger partial charge in [-0.15, -0.1) is 6.42 Å². The van der Waals surface area contributed by atoms with Crippen LogP contribution in [0.5, 0.6) is 0 Å². The maximum Gasteiger partial charge on any atom is 0.137 e. The summed E-state index contributed by atoms with van der Waals surface area (Å²) in [4.78, 5) is 2.00. The Morgan fingerprint density at radius 3 is 2.80 bits per heavy atom. The quantitative estimate of drug-likeness (QED) is 0.461. The lowest BCUT2D eigenvalue weighted by atomic mass is 10.7. The molecule has 0 fully saturated rings. The molecule has 0 unspecified atom stereocenters. The fraction of sp³-hybridized carbons (Fsp3) is 0.571. The first-order valence-electron chi connectivity index (χ1n) is 3.03. The minimum Gasteiger partial charge on any atom is -0.361 e. The van der Waals surface area contributed by atoms with E-state index in [1.54, 1.807) is 0 Å². The van der Waals surface area contributed by atoms with Gasteiger partial charge in [0.15, 0.2) is 0 Å². The first-order chi connectivity index (χ1) is 4.72. The second-order valence-electron chi connectivity index (χ2n) is 1.77. The largest absolute Gasteiger partial charge is 0.361 e. The number of rotatable bonds is 2. The van der Waals surface area contributed by atoms with Crippen molar-refractivity contribution in [3.8, 4) is 12.3 Å². The van der Waals surface area contributed by atoms with E-state index >= 15 is 0 Å². The molecule has 0 N–H and O–H groups in total. The fourth-order valence-electron chi connectivity index (χ4n) is 0.343. The predicted octanol–water partition coefficient (Wildman–Crippen LogP) is 1.59. The van der Waals surface area contributed by atoms with E-state index in [1.807, 2.05) is 11.9 Å². The van der Waals surface area contributed by atoms with Gasteiger partial charge in [-0.25, -0.2) is 0 Å². The van der Waals surface area contributed by atoms with Gasteiger partial charge in [0, 0.05) is 13.6 Å². The summed E-state index contributed by atoms with van der Waals surface area (Å²) in [5.74, 6) is 3.20. The molecule has 0 heterocycles. The Balaban J connectivity index is 3.54. The molecule has 0 bridgehead atoms. The van der Waals surface area contributed by atoms with Crippen LogP contribution in [0, 0.1) is 12.3 Å². The van der Waals surface area contributed by atoms with E-state index in [-0.39, 0.29) is 0 Å². The van der Waals surface area contributed by atoms with Gasteiger partial charge in [-0.2, -0.15) is 0 Å². The van der Waals surface area contributed by atoms with E-state index in [9.17, 15) is 0 Å². The first kappa shape index (κ1) is 9.80. The van der Waals surface area contributed by atoms with Crippen LogP contribution in [0.3, 0.4) is 0 Å². The fourth-order valence-corrected chi connectivity index (χ4v) is 1.20. The third-order valence-corrected chi connectivity index (χ3v) is 2.60. The summed E-state index contributed by atoms with van der Waals surface area (Å²) in [6.45, 7) is 3.00. The highest BCUT2D eigenvalue weighted by molar-refractivity contribution is 8.23. The van der Waals surface area contributed by atoms with Gasteiger partial charge >= 0.3 is 0 Å². The van der Waals surface area contributed by atoms with Crippen LogP contribution >= 0.6 is 24.0 Å². The van der Waals surface area contributed by atoms with Crippen LogP contribution in [0.4, 0.5) is 0 Å². The van der Waals surface area contributed by atoms with Crippen molar-refractivity contribution in [2.45, 2.75) is 6.92 Å². The smallest absolute Gasteiger partial charge is 0.137 e. The Hall–Kier alpha value is -0.200. The second kappa shape index (κ2) is 5.57. The summed E-state index contributed by atoms with van der Waals surface area (Å²) in [6, 6.07) is 0. The van der Waals surface area contributed by atoms with Crippen LogP contribution in [0.25, 0.3) is 0 Å². The third-order valence-electron chi connectivity index (χ3n) is 1.06. The van der Waals surface area contributed by atoms with Crippen molar-refractivity contribution in [3.05, 3.63) is 0 Å². The van der Waals surface area contributed by atoms with Crippen molar-refractivity contribution in [2.75, 3.05) is 19.3 Å². The molecule has 0 saturated carbocycles. The molecular formula is C7H11NS2. The van der Waals surface area contributed by atoms with Crippen molar-refractivity contribution < 1.29 is 0 Å². The number of hydrogen-bond acceptors (Lipinski definition) is 2. The molecule has 0 aliphatic carbocycles. The molecule has 0 aromatic carbocycles. The molecule has 0 aliphatic rings. The zero-order chi connectivity index (χ0) is 7.98. The van der Waals surface area contributed by atoms with Crippen molar-refractivity contribution >= 4 is 28.3 Å². The average Bonchev–Trinajstić information content (AvgIpc) is 1.98. The molecule has 0 atom stereocenters. The van der Waals surface area contributed by atoms with Gasteiger partial charge in [-0.3, -0.25) is 0 Å². The lowest BCUT2D eigenvalue weighted by molar-refractivity contribution is 0.555. The monoisotopic (exact) mass is 173 g/mol. The van der Waals surface area contributed by atoms with Crippen molar-refractivity contribution in [1.82, 2.24) is 4.90 Å². The van der Waals surface area contributed by atoms with E-state index in [0.29, 0.717) is 5.75 Å². The van der Waals surface area contributed by atoms with E-state index in [1.165, 1.54) is 11.8 Å². The summed E-state index contributed by atoms with van der Waals surface area (Å²) >= 11 is 6.56. The normalized spacial score (nSPS) is 8.50. The third kappa shape index (κ3) is 3.76. The first-order valence-corrected chi connectivity index (χ1v) is 4.43. The van der Waals surface area contributed by atoms with Crippen molar-refractivity contribution in [3.63, 3.8) is 0 Å². The highest BCUT2D eigenvalue weighted by atomic mass is 32.2. The van der Waals surface area contributed by atoms with Crippen LogP contribution in [0.2, 0.25) is 0 Å². The zero-order valence-corrected chi connectivity index (χ0v) is 7.89. The van der Waals surface area contributed by atoms with Crippen LogP contribution in [-0.2, 0) is 0 Å². The molecule has 0 rings (SSSR count). The van der Waals surface area contributed by atoms with Gasteiger partial charge < -0.3 is 4.90 Å². The van der Waals surface area contributed by atoms with Gasteiger partial charge in [-0.05, 0) is 6.92 Å². The maximum atomic E-state index is 5.07. The Labute approximate surface area is 72.2 Å². The van der Waals surface area contributed by atoms with E-state index in [4.69, 9.17) is 18.6 Å². The molecular weight excluding hydrogens is 162 g/mol. The van der Waals surface area contributed by atoms with E-state index in [0.717, 1.165) is 10.9 Å². The lowest BCUT2D eigenvalue weighted by Crippen LogP contribution is -2.21. The summed E-state index contributed by atoms with van der Waals surface area (Å²) in [5, 5.41) is 0. The molecule has 10 heavy (non-hydrogen) atoms. The van der Waals surface area contributed by atoms with Crippen LogP contribution in [-0.4, -0.2) is 28.6 Å². The zero-order valence-electron chi connectivity index (χ0n) is 6.26. The van der Waals surface area contributed by atoms with Gasteiger partial charge in [0.1, 0.15) is 4.32 Å². The van der Waals surface area contributed by atoms with E-state index in [2.05, 4.69) is 12.8 Å². The Morgan fingerprint density at radius 2 is 2.40 bits per heavy atom. The van der Waals surface area contributed by atoms with Gasteiger partial charge in [0.25, 0.3) is 0 Å². The lowest BCUT2D eigenvalue weighted by Gasteiger charge is -2.15. The van der Waals surface area contributed by atoms with Gasteiger partial charge in [0.2, 0.25) is 0 Å². The van der Waals surface area contributed by atoms with Gasteiger partial charge in [-0.1, -0.05) is 29.9 Å². The standard InChI is InChI=1S/C7H11NS2/c1-4-6-10-7(9)8(3)5-2/h1H,5-6H2,2-3H3. The average molecular weight is 173 g/mol. The summed E-state index contributed by atoms with van der Waals surface area (Å²) < 4.78 is 0.875. The molecule has 0 amide bonds. The molecule has 0 aromatic rings. The summed E-state index contributed by atoms with van der Waals surface area (Å²) in [6.07, 6.45) is 5.07. The van der Waals surface area contributed by atoms with Crippen molar-refractivity contribution in [2.24, 2.45) is 0 Å². The molecule has 0 radical (unpaired) electrons. The number of nitrogens with zero attached hydrogens (tertiary/aromatic N) is 1. The molecule has 0 aromatic heterocycles. The molecule has 0 spiro atoms. The van der Waals surface area contributed by atoms with Gasteiger partial charge in [0.05, 0.1) is 5.75 Å². The minimum atomic E-state index is 0.670. The van der Waals surface area contributed by atoms with Crippen molar-refractivity contribution in [1.29, 1.82) is 0 Å². The molecule has 0 saturated heterocycles. The highest BCUT2D eigenvalue weighted by Crippen LogP contribution is 2.05. The van der Waals surface area contributed by atoms with E-state index < -0.39 is 0 Å². The maximum absolute atomic E-state index is 5.07. The SMILES string of the molecule is C#CCSC(=S)N(C)CC. The minimum absolute atomic E-state index is 0.670. The Kier molecular flexibility index (Phi) is 5.46. The Morgan fingerprint density at radius 1 is 1.80 bits per heavy atom. The van der Waals surface area contributed by atoms with Crippen LogP contribution in [0.15, 0.2) is 0 Å². The molecule has 1 nitrogen and oxygen atoms in total.